The van der Waals surface area contributed by atoms with Gasteiger partial charge in [-0.2, -0.15) is 0 Å². The van der Waals surface area contributed by atoms with E-state index >= 15 is 0 Å². The van der Waals surface area contributed by atoms with Crippen LogP contribution in [0.3, 0.4) is 0 Å². The number of nitrogens with one attached hydrogen (secondary N) is 3. The molecule has 0 radical (unpaired) electrons. The largest absolute Gasteiger partial charge is 0.491 e. The Morgan fingerprint density at radius 2 is 1.48 bits per heavy atom. The van der Waals surface area contributed by atoms with Gasteiger partial charge in [-0.3, -0.25) is 25.8 Å². The first-order valence-corrected chi connectivity index (χ1v) is 10.00. The molecule has 164 valence electrons. The van der Waals surface area contributed by atoms with Gasteiger partial charge >= 0.3 is 0 Å². The maximum absolute atomic E-state index is 12.3. The number of hydrogen-bond donors (Lipinski definition) is 3. The van der Waals surface area contributed by atoms with Crippen LogP contribution < -0.4 is 25.6 Å². The van der Waals surface area contributed by atoms with Gasteiger partial charge in [0, 0.05) is 17.7 Å². The second-order valence-electron chi connectivity index (χ2n) is 6.06. The van der Waals surface area contributed by atoms with E-state index in [1.807, 2.05) is 6.92 Å². The van der Waals surface area contributed by atoms with Crippen molar-refractivity contribution < 1.29 is 23.8 Å². The first-order valence-electron chi connectivity index (χ1n) is 9.59. The molecule has 0 saturated carbocycles. The quantitative estimate of drug-likeness (QED) is 0.225. The van der Waals surface area contributed by atoms with E-state index in [1.54, 1.807) is 54.6 Å². The van der Waals surface area contributed by atoms with E-state index in [1.165, 1.54) is 0 Å². The van der Waals surface area contributed by atoms with Crippen LogP contribution in [0.2, 0.25) is 0 Å². The third kappa shape index (κ3) is 8.45. The highest BCUT2D eigenvalue weighted by molar-refractivity contribution is 7.80. The molecule has 9 heteroatoms. The molecule has 31 heavy (non-hydrogen) atoms. The number of thiocarbonyl (C=S) groups is 1. The maximum Gasteiger partial charge on any atom is 0.269 e. The number of rotatable bonds is 10. The highest BCUT2D eigenvalue weighted by atomic mass is 32.1. The molecule has 0 bridgehead atoms. The van der Waals surface area contributed by atoms with Crippen molar-refractivity contribution >= 4 is 29.1 Å². The molecule has 0 fully saturated rings. The van der Waals surface area contributed by atoms with E-state index in [4.69, 9.17) is 26.4 Å². The summed E-state index contributed by atoms with van der Waals surface area (Å²) in [5.74, 6) is 0.416. The van der Waals surface area contributed by atoms with Crippen LogP contribution in [0.15, 0.2) is 61.2 Å². The highest BCUT2D eigenvalue weighted by Gasteiger charge is 2.10. The number of hydrazine groups is 1. The summed E-state index contributed by atoms with van der Waals surface area (Å²) in [6.45, 7) is 7.42. The molecule has 2 rings (SSSR count). The van der Waals surface area contributed by atoms with Crippen molar-refractivity contribution in [1.82, 2.24) is 16.2 Å². The Bertz CT molecular complexity index is 885. The first kappa shape index (κ1) is 23.8. The Hall–Kier alpha value is -3.43. The van der Waals surface area contributed by atoms with Gasteiger partial charge in [0.1, 0.15) is 24.7 Å². The van der Waals surface area contributed by atoms with Crippen LogP contribution in [0.25, 0.3) is 0 Å². The molecule has 0 aromatic heterocycles. The van der Waals surface area contributed by atoms with Crippen LogP contribution in [-0.4, -0.2) is 43.4 Å². The lowest BCUT2D eigenvalue weighted by Gasteiger charge is -2.11. The van der Waals surface area contributed by atoms with Crippen LogP contribution in [0.1, 0.15) is 27.6 Å². The van der Waals surface area contributed by atoms with Crippen LogP contribution in [-0.2, 0) is 4.74 Å². The number of hydrogen-bond acceptors (Lipinski definition) is 6. The normalized spacial score (nSPS) is 9.97. The molecule has 0 heterocycles. The summed E-state index contributed by atoms with van der Waals surface area (Å²) in [6, 6.07) is 13.1. The van der Waals surface area contributed by atoms with Gasteiger partial charge in [0.05, 0.1) is 6.61 Å². The molecule has 0 aliphatic carbocycles. The molecular weight excluding hydrogens is 418 g/mol. The van der Waals surface area contributed by atoms with Gasteiger partial charge in [0.2, 0.25) is 0 Å². The maximum atomic E-state index is 12.3. The lowest BCUT2D eigenvalue weighted by molar-refractivity contribution is 0.0934. The smallest absolute Gasteiger partial charge is 0.269 e. The number of carbonyl (C=O) groups excluding carboxylic acids is 2. The summed E-state index contributed by atoms with van der Waals surface area (Å²) >= 11 is 5.05. The average Bonchev–Trinajstić information content (AvgIpc) is 2.79. The highest BCUT2D eigenvalue weighted by Crippen LogP contribution is 2.13. The Kier molecular flexibility index (Phi) is 9.99. The minimum Gasteiger partial charge on any atom is -0.491 e. The molecule has 8 nitrogen and oxygen atoms in total. The molecule has 0 aliphatic rings. The van der Waals surface area contributed by atoms with Gasteiger partial charge in [0.15, 0.2) is 5.11 Å². The zero-order valence-corrected chi connectivity index (χ0v) is 18.0. The van der Waals surface area contributed by atoms with Crippen molar-refractivity contribution in [3.05, 3.63) is 72.3 Å². The standard InChI is InChI=1S/C22H25N3O5S/c1-3-13-29-18-11-7-17(8-12-18)21(27)24-25-22(31)23-20(26)16-5-9-19(10-6-16)30-15-14-28-4-2/h3,5-12H,1,4,13-15H2,2H3,(H,24,27)(H2,23,25,26,31). The SMILES string of the molecule is C=CCOc1ccc(C(=O)NNC(=S)NC(=O)c2ccc(OCCOCC)cc2)cc1. The van der Waals surface area contributed by atoms with Crippen LogP contribution in [0, 0.1) is 0 Å². The van der Waals surface area contributed by atoms with E-state index in [-0.39, 0.29) is 5.11 Å². The lowest BCUT2D eigenvalue weighted by atomic mass is 10.2. The summed E-state index contributed by atoms with van der Waals surface area (Å²) in [6.07, 6.45) is 1.63. The third-order valence-corrected chi connectivity index (χ3v) is 4.02. The Labute approximate surface area is 186 Å². The van der Waals surface area contributed by atoms with Crippen molar-refractivity contribution in [2.75, 3.05) is 26.4 Å². The van der Waals surface area contributed by atoms with Gasteiger partial charge in [-0.05, 0) is 67.7 Å². The van der Waals surface area contributed by atoms with Gasteiger partial charge in [0.25, 0.3) is 11.8 Å². The second-order valence-corrected chi connectivity index (χ2v) is 6.46. The first-order chi connectivity index (χ1) is 15.0. The molecule has 3 N–H and O–H groups in total. The molecule has 0 spiro atoms. The number of benzene rings is 2. The number of ether oxygens (including phenoxy) is 3. The van der Waals surface area contributed by atoms with E-state index in [0.717, 1.165) is 0 Å². The summed E-state index contributed by atoms with van der Waals surface area (Å²) in [4.78, 5) is 24.4. The van der Waals surface area contributed by atoms with Crippen molar-refractivity contribution in [2.45, 2.75) is 6.92 Å². The summed E-state index contributed by atoms with van der Waals surface area (Å²) in [5, 5.41) is 2.45. The fourth-order valence-corrected chi connectivity index (χ4v) is 2.46. The van der Waals surface area contributed by atoms with E-state index < -0.39 is 11.8 Å². The predicted molar refractivity (Wildman–Crippen MR) is 121 cm³/mol. The summed E-state index contributed by atoms with van der Waals surface area (Å²) in [5.41, 5.74) is 5.71. The topological polar surface area (TPSA) is 97.9 Å². The van der Waals surface area contributed by atoms with Crippen LogP contribution in [0.5, 0.6) is 11.5 Å². The van der Waals surface area contributed by atoms with Gasteiger partial charge < -0.3 is 14.2 Å². The fraction of sp³-hybridized carbons (Fsp3) is 0.227. The average molecular weight is 444 g/mol. The summed E-state index contributed by atoms with van der Waals surface area (Å²) in [7, 11) is 0. The third-order valence-electron chi connectivity index (χ3n) is 3.82. The molecule has 0 atom stereocenters. The van der Waals surface area contributed by atoms with Gasteiger partial charge in [-0.25, -0.2) is 0 Å². The van der Waals surface area contributed by atoms with Crippen molar-refractivity contribution in [2.24, 2.45) is 0 Å². The van der Waals surface area contributed by atoms with Crippen molar-refractivity contribution in [1.29, 1.82) is 0 Å². The zero-order valence-electron chi connectivity index (χ0n) is 17.2. The minimum absolute atomic E-state index is 0.0404. The van der Waals surface area contributed by atoms with E-state index in [9.17, 15) is 9.59 Å². The monoisotopic (exact) mass is 443 g/mol. The van der Waals surface area contributed by atoms with Gasteiger partial charge in [-0.1, -0.05) is 12.7 Å². The molecule has 2 aromatic rings. The van der Waals surface area contributed by atoms with Gasteiger partial charge in [-0.15, -0.1) is 0 Å². The number of amides is 2. The summed E-state index contributed by atoms with van der Waals surface area (Å²) < 4.78 is 16.1. The molecule has 0 unspecified atom stereocenters. The van der Waals surface area contributed by atoms with Crippen LogP contribution in [0.4, 0.5) is 0 Å². The minimum atomic E-state index is -0.420. The molecule has 0 saturated heterocycles. The Morgan fingerprint density at radius 3 is 2.06 bits per heavy atom. The number of carbonyl (C=O) groups is 2. The molecule has 2 amide bonds. The zero-order chi connectivity index (χ0) is 22.5. The molecule has 0 aliphatic heterocycles. The van der Waals surface area contributed by atoms with Crippen LogP contribution >= 0.6 is 12.2 Å². The fourth-order valence-electron chi connectivity index (χ4n) is 2.32. The van der Waals surface area contributed by atoms with E-state index in [0.29, 0.717) is 49.1 Å². The lowest BCUT2D eigenvalue weighted by Crippen LogP contribution is -2.48. The molecule has 2 aromatic carbocycles. The molecular formula is C22H25N3O5S. The van der Waals surface area contributed by atoms with E-state index in [2.05, 4.69) is 22.7 Å². The Balaban J connectivity index is 1.76. The predicted octanol–water partition coefficient (Wildman–Crippen LogP) is 2.62. The van der Waals surface area contributed by atoms with Crippen molar-refractivity contribution in [3.8, 4) is 11.5 Å². The second kappa shape index (κ2) is 13.0. The van der Waals surface area contributed by atoms with Crippen molar-refractivity contribution in [3.63, 3.8) is 0 Å². The Morgan fingerprint density at radius 1 is 0.903 bits per heavy atom.